The summed E-state index contributed by atoms with van der Waals surface area (Å²) in [5.41, 5.74) is 5.37. The van der Waals surface area contributed by atoms with Crippen LogP contribution < -0.4 is 5.73 Å². The zero-order chi connectivity index (χ0) is 16.2. The van der Waals surface area contributed by atoms with Gasteiger partial charge in [-0.3, -0.25) is 9.59 Å². The lowest BCUT2D eigenvalue weighted by atomic mass is 10.0. The van der Waals surface area contributed by atoms with Gasteiger partial charge in [0.05, 0.1) is 0 Å². The quantitative estimate of drug-likeness (QED) is 0.734. The van der Waals surface area contributed by atoms with Gasteiger partial charge in [-0.05, 0) is 12.0 Å². The summed E-state index contributed by atoms with van der Waals surface area (Å²) in [5, 5.41) is 0. The van der Waals surface area contributed by atoms with Crippen molar-refractivity contribution in [1.82, 2.24) is 14.7 Å². The zero-order valence-corrected chi connectivity index (χ0v) is 12.9. The van der Waals surface area contributed by atoms with Crippen molar-refractivity contribution in [2.75, 3.05) is 33.2 Å². The van der Waals surface area contributed by atoms with Crippen molar-refractivity contribution >= 4 is 17.8 Å². The van der Waals surface area contributed by atoms with Crippen LogP contribution in [0.3, 0.4) is 0 Å². The Morgan fingerprint density at radius 1 is 1.14 bits per heavy atom. The van der Waals surface area contributed by atoms with Crippen LogP contribution in [0.2, 0.25) is 0 Å². The zero-order valence-electron chi connectivity index (χ0n) is 12.9. The highest BCUT2D eigenvalue weighted by molar-refractivity contribution is 5.88. The molecule has 1 fully saturated rings. The van der Waals surface area contributed by atoms with Gasteiger partial charge in [-0.15, -0.1) is 0 Å². The summed E-state index contributed by atoms with van der Waals surface area (Å²) in [6.07, 6.45) is 1.27. The lowest BCUT2D eigenvalue weighted by molar-refractivity contribution is -0.127. The minimum absolute atomic E-state index is 0.0555. The first-order chi connectivity index (χ1) is 9.79. The Bertz CT molecular complexity index is 428. The van der Waals surface area contributed by atoms with Crippen LogP contribution in [-0.4, -0.2) is 71.8 Å². The molecule has 7 nitrogen and oxygen atoms in total. The molecule has 0 bridgehead atoms. The second kappa shape index (κ2) is 7.10. The number of carbonyl (C=O) groups excluding carboxylic acids is 3. The van der Waals surface area contributed by atoms with E-state index >= 15 is 0 Å². The molecular formula is C14H24N4O3. The standard InChI is InChI=1S/C14H24N4O3/c1-5-11(19)17-6-8-18(9-7-17)14(21)16(4)12(10(2)3)13(15)20/h5,10,12H,1,6-9H2,2-4H3,(H2,15,20). The van der Waals surface area contributed by atoms with Crippen molar-refractivity contribution in [2.45, 2.75) is 19.9 Å². The Morgan fingerprint density at radius 2 is 1.62 bits per heavy atom. The van der Waals surface area contributed by atoms with E-state index in [9.17, 15) is 14.4 Å². The van der Waals surface area contributed by atoms with Gasteiger partial charge in [0.1, 0.15) is 6.04 Å². The molecule has 1 atom stereocenters. The SMILES string of the molecule is C=CC(=O)N1CCN(C(=O)N(C)C(C(N)=O)C(C)C)CC1. The van der Waals surface area contributed by atoms with Gasteiger partial charge in [0.25, 0.3) is 0 Å². The Labute approximate surface area is 125 Å². The van der Waals surface area contributed by atoms with Crippen LogP contribution in [0, 0.1) is 5.92 Å². The molecule has 1 aliphatic rings. The summed E-state index contributed by atoms with van der Waals surface area (Å²) in [5.74, 6) is -0.700. The molecule has 1 rings (SSSR count). The maximum absolute atomic E-state index is 12.4. The maximum atomic E-state index is 12.4. The minimum Gasteiger partial charge on any atom is -0.368 e. The number of rotatable bonds is 4. The summed E-state index contributed by atoms with van der Waals surface area (Å²) in [7, 11) is 1.58. The Morgan fingerprint density at radius 3 is 2.00 bits per heavy atom. The first-order valence-corrected chi connectivity index (χ1v) is 7.02. The monoisotopic (exact) mass is 296 g/mol. The molecule has 0 spiro atoms. The van der Waals surface area contributed by atoms with E-state index in [-0.39, 0.29) is 17.9 Å². The topological polar surface area (TPSA) is 87.0 Å². The van der Waals surface area contributed by atoms with Gasteiger partial charge in [0.15, 0.2) is 0 Å². The number of hydrogen-bond acceptors (Lipinski definition) is 3. The minimum atomic E-state index is -0.634. The molecule has 0 aromatic heterocycles. The molecule has 0 aromatic carbocycles. The number of primary amides is 1. The van der Waals surface area contributed by atoms with Gasteiger partial charge in [-0.25, -0.2) is 4.79 Å². The van der Waals surface area contributed by atoms with Crippen LogP contribution in [0.25, 0.3) is 0 Å². The van der Waals surface area contributed by atoms with Crippen molar-refractivity contribution in [1.29, 1.82) is 0 Å². The van der Waals surface area contributed by atoms with E-state index in [0.29, 0.717) is 26.2 Å². The molecule has 1 heterocycles. The molecular weight excluding hydrogens is 272 g/mol. The van der Waals surface area contributed by atoms with E-state index in [1.807, 2.05) is 13.8 Å². The fourth-order valence-corrected chi connectivity index (χ4v) is 2.56. The number of urea groups is 1. The first kappa shape index (κ1) is 17.0. The predicted molar refractivity (Wildman–Crippen MR) is 79.3 cm³/mol. The molecule has 0 saturated carbocycles. The van der Waals surface area contributed by atoms with Gasteiger partial charge in [-0.2, -0.15) is 0 Å². The van der Waals surface area contributed by atoms with Crippen molar-refractivity contribution in [3.8, 4) is 0 Å². The average Bonchev–Trinajstić information content (AvgIpc) is 2.45. The highest BCUT2D eigenvalue weighted by Crippen LogP contribution is 2.13. The summed E-state index contributed by atoms with van der Waals surface area (Å²) >= 11 is 0. The lowest BCUT2D eigenvalue weighted by Crippen LogP contribution is -2.57. The Kier molecular flexibility index (Phi) is 5.75. The molecule has 0 aromatic rings. The van der Waals surface area contributed by atoms with Crippen LogP contribution in [-0.2, 0) is 9.59 Å². The predicted octanol–water partition coefficient (Wildman–Crippen LogP) is -0.122. The smallest absolute Gasteiger partial charge is 0.320 e. The maximum Gasteiger partial charge on any atom is 0.320 e. The van der Waals surface area contributed by atoms with Crippen molar-refractivity contribution in [2.24, 2.45) is 11.7 Å². The molecule has 2 N–H and O–H groups in total. The van der Waals surface area contributed by atoms with Gasteiger partial charge >= 0.3 is 6.03 Å². The Hall–Kier alpha value is -2.05. The third-order valence-corrected chi connectivity index (χ3v) is 3.68. The van der Waals surface area contributed by atoms with Crippen molar-refractivity contribution < 1.29 is 14.4 Å². The fraction of sp³-hybridized carbons (Fsp3) is 0.643. The van der Waals surface area contributed by atoms with E-state index < -0.39 is 11.9 Å². The Balaban J connectivity index is 2.66. The summed E-state index contributed by atoms with van der Waals surface area (Å²) in [6.45, 7) is 8.95. The van der Waals surface area contributed by atoms with E-state index in [4.69, 9.17) is 5.73 Å². The van der Waals surface area contributed by atoms with Crippen LogP contribution >= 0.6 is 0 Å². The van der Waals surface area contributed by atoms with Crippen LogP contribution in [0.15, 0.2) is 12.7 Å². The average molecular weight is 296 g/mol. The largest absolute Gasteiger partial charge is 0.368 e. The van der Waals surface area contributed by atoms with Gasteiger partial charge in [0.2, 0.25) is 11.8 Å². The number of nitrogens with zero attached hydrogens (tertiary/aromatic N) is 3. The highest BCUT2D eigenvalue weighted by Gasteiger charge is 2.32. The third-order valence-electron chi connectivity index (χ3n) is 3.68. The molecule has 1 aliphatic heterocycles. The second-order valence-corrected chi connectivity index (χ2v) is 5.50. The van der Waals surface area contributed by atoms with Gasteiger partial charge in [0, 0.05) is 33.2 Å². The van der Waals surface area contributed by atoms with Gasteiger partial charge in [-0.1, -0.05) is 20.4 Å². The number of likely N-dealkylation sites (N-methyl/N-ethyl adjacent to an activating group) is 1. The first-order valence-electron chi connectivity index (χ1n) is 7.02. The number of piperazine rings is 1. The summed E-state index contributed by atoms with van der Waals surface area (Å²) < 4.78 is 0. The highest BCUT2D eigenvalue weighted by atomic mass is 16.2. The van der Waals surface area contributed by atoms with E-state index in [1.165, 1.54) is 11.0 Å². The molecule has 0 aliphatic carbocycles. The number of amides is 4. The normalized spacial score (nSPS) is 16.6. The lowest BCUT2D eigenvalue weighted by Gasteiger charge is -2.38. The number of nitrogens with two attached hydrogens (primary N) is 1. The van der Waals surface area contributed by atoms with Gasteiger partial charge < -0.3 is 20.4 Å². The summed E-state index contributed by atoms with van der Waals surface area (Å²) in [6, 6.07) is -0.872. The molecule has 7 heteroatoms. The van der Waals surface area contributed by atoms with Crippen LogP contribution in [0.4, 0.5) is 4.79 Å². The molecule has 4 amide bonds. The second-order valence-electron chi connectivity index (χ2n) is 5.50. The number of hydrogen-bond donors (Lipinski definition) is 1. The molecule has 118 valence electrons. The molecule has 21 heavy (non-hydrogen) atoms. The third kappa shape index (κ3) is 3.96. The van der Waals surface area contributed by atoms with Crippen molar-refractivity contribution in [3.05, 3.63) is 12.7 Å². The molecule has 1 unspecified atom stereocenters. The summed E-state index contributed by atoms with van der Waals surface area (Å²) in [4.78, 5) is 40.1. The molecule has 1 saturated heterocycles. The van der Waals surface area contributed by atoms with Crippen LogP contribution in [0.5, 0.6) is 0 Å². The fourth-order valence-electron chi connectivity index (χ4n) is 2.56. The number of carbonyl (C=O) groups is 3. The van der Waals surface area contributed by atoms with Crippen LogP contribution in [0.1, 0.15) is 13.8 Å². The van der Waals surface area contributed by atoms with E-state index in [2.05, 4.69) is 6.58 Å². The molecule has 0 radical (unpaired) electrons. The van der Waals surface area contributed by atoms with Crippen molar-refractivity contribution in [3.63, 3.8) is 0 Å². The van der Waals surface area contributed by atoms with E-state index in [0.717, 1.165) is 0 Å². The van der Waals surface area contributed by atoms with E-state index in [1.54, 1.807) is 16.8 Å².